The average molecular weight is 474 g/mol. The van der Waals surface area contributed by atoms with E-state index < -0.39 is 5.25 Å². The number of carbonyl (C=O) groups excluding carboxylic acids is 1. The van der Waals surface area contributed by atoms with E-state index in [2.05, 4.69) is 49.7 Å². The molecule has 8 heteroatoms. The predicted molar refractivity (Wildman–Crippen MR) is 132 cm³/mol. The van der Waals surface area contributed by atoms with E-state index in [0.717, 1.165) is 18.8 Å². The van der Waals surface area contributed by atoms with Gasteiger partial charge in [-0.25, -0.2) is 0 Å². The molecule has 1 atom stereocenters. The number of para-hydroxylation sites is 1. The van der Waals surface area contributed by atoms with Gasteiger partial charge in [-0.05, 0) is 42.5 Å². The second-order valence-corrected chi connectivity index (χ2v) is 9.79. The third-order valence-corrected chi connectivity index (χ3v) is 7.09. The van der Waals surface area contributed by atoms with Crippen LogP contribution in [0.4, 0.5) is 5.69 Å². The summed E-state index contributed by atoms with van der Waals surface area (Å²) >= 11 is 3.07. The van der Waals surface area contributed by atoms with Crippen molar-refractivity contribution in [3.05, 3.63) is 93.9 Å². The zero-order chi connectivity index (χ0) is 23.0. The molecule has 4 rings (SSSR count). The smallest absolute Gasteiger partial charge is 0.237 e. The molecule has 0 bridgehead atoms. The van der Waals surface area contributed by atoms with Crippen LogP contribution in [0, 0.1) is 11.3 Å². The van der Waals surface area contributed by atoms with Crippen LogP contribution in [-0.2, 0) is 24.2 Å². The van der Waals surface area contributed by atoms with E-state index in [-0.39, 0.29) is 5.91 Å². The van der Waals surface area contributed by atoms with Crippen LogP contribution in [0.5, 0.6) is 0 Å². The van der Waals surface area contributed by atoms with E-state index in [9.17, 15) is 10.1 Å². The van der Waals surface area contributed by atoms with Crippen LogP contribution in [0.25, 0.3) is 0 Å². The standard InChI is InChI=1S/C25H23N5OS2/c1-18(24(31)27-22-12-6-5-10-20(22)17-26)33-25-29-28-23(16-21-11-7-15-32-21)30(25)14-13-19-8-3-2-4-9-19/h2-12,15,18H,13-14,16H2,1H3,(H,27,31). The Hall–Kier alpha value is -3.41. The average Bonchev–Trinajstić information content (AvgIpc) is 3.49. The number of anilines is 1. The van der Waals surface area contributed by atoms with Crippen molar-refractivity contribution in [2.75, 3.05) is 5.32 Å². The Morgan fingerprint density at radius 1 is 1.12 bits per heavy atom. The van der Waals surface area contributed by atoms with Gasteiger partial charge >= 0.3 is 0 Å². The fourth-order valence-corrected chi connectivity index (χ4v) is 4.95. The summed E-state index contributed by atoms with van der Waals surface area (Å²) in [7, 11) is 0. The second-order valence-electron chi connectivity index (χ2n) is 7.45. The first-order valence-corrected chi connectivity index (χ1v) is 12.3. The molecule has 0 saturated heterocycles. The lowest BCUT2D eigenvalue weighted by molar-refractivity contribution is -0.115. The zero-order valence-corrected chi connectivity index (χ0v) is 19.8. The van der Waals surface area contributed by atoms with Gasteiger partial charge < -0.3 is 9.88 Å². The number of benzene rings is 2. The number of aromatic nitrogens is 3. The quantitative estimate of drug-likeness (QED) is 0.339. The van der Waals surface area contributed by atoms with Gasteiger partial charge in [-0.2, -0.15) is 5.26 Å². The van der Waals surface area contributed by atoms with Crippen LogP contribution in [0.1, 0.15) is 28.8 Å². The maximum absolute atomic E-state index is 12.8. The maximum Gasteiger partial charge on any atom is 0.237 e. The van der Waals surface area contributed by atoms with Crippen LogP contribution in [0.3, 0.4) is 0 Å². The minimum atomic E-state index is -0.411. The molecule has 4 aromatic rings. The molecule has 6 nitrogen and oxygen atoms in total. The van der Waals surface area contributed by atoms with E-state index >= 15 is 0 Å². The summed E-state index contributed by atoms with van der Waals surface area (Å²) in [6.45, 7) is 2.57. The van der Waals surface area contributed by atoms with Gasteiger partial charge in [0.1, 0.15) is 11.9 Å². The number of thioether (sulfide) groups is 1. The van der Waals surface area contributed by atoms with E-state index in [0.29, 0.717) is 22.8 Å². The number of hydrogen-bond donors (Lipinski definition) is 1. The number of amides is 1. The molecule has 1 N–H and O–H groups in total. The first kappa shape index (κ1) is 22.8. The molecule has 0 aliphatic rings. The minimum Gasteiger partial charge on any atom is -0.324 e. The summed E-state index contributed by atoms with van der Waals surface area (Å²) < 4.78 is 2.12. The Balaban J connectivity index is 1.51. The lowest BCUT2D eigenvalue weighted by atomic mass is 10.1. The third-order valence-electron chi connectivity index (χ3n) is 5.13. The largest absolute Gasteiger partial charge is 0.324 e. The highest BCUT2D eigenvalue weighted by atomic mass is 32.2. The Kier molecular flexibility index (Phi) is 7.55. The lowest BCUT2D eigenvalue weighted by Crippen LogP contribution is -2.23. The van der Waals surface area contributed by atoms with Crippen LogP contribution in [-0.4, -0.2) is 25.9 Å². The molecule has 2 heterocycles. The Bertz CT molecular complexity index is 1250. The molecular weight excluding hydrogens is 450 g/mol. The van der Waals surface area contributed by atoms with Gasteiger partial charge in [-0.1, -0.05) is 60.3 Å². The van der Waals surface area contributed by atoms with Crippen molar-refractivity contribution in [1.29, 1.82) is 5.26 Å². The number of rotatable bonds is 9. The predicted octanol–water partition coefficient (Wildman–Crippen LogP) is 5.16. The van der Waals surface area contributed by atoms with Crippen molar-refractivity contribution in [2.24, 2.45) is 0 Å². The van der Waals surface area contributed by atoms with Crippen LogP contribution in [0.2, 0.25) is 0 Å². The molecule has 0 saturated carbocycles. The fraction of sp³-hybridized carbons (Fsp3) is 0.200. The lowest BCUT2D eigenvalue weighted by Gasteiger charge is -2.14. The molecule has 0 radical (unpaired) electrons. The Labute approximate surface area is 201 Å². The number of hydrogen-bond acceptors (Lipinski definition) is 6. The molecule has 0 spiro atoms. The highest BCUT2D eigenvalue weighted by Crippen LogP contribution is 2.26. The molecule has 1 unspecified atom stereocenters. The fourth-order valence-electron chi connectivity index (χ4n) is 3.35. The number of thiophene rings is 1. The van der Waals surface area contributed by atoms with Gasteiger partial charge in [-0.15, -0.1) is 21.5 Å². The van der Waals surface area contributed by atoms with Gasteiger partial charge in [0.25, 0.3) is 0 Å². The van der Waals surface area contributed by atoms with Crippen LogP contribution < -0.4 is 5.32 Å². The highest BCUT2D eigenvalue weighted by Gasteiger charge is 2.21. The molecule has 1 amide bonds. The Morgan fingerprint density at radius 3 is 2.67 bits per heavy atom. The van der Waals surface area contributed by atoms with Gasteiger partial charge in [0.05, 0.1) is 16.5 Å². The molecular formula is C25H23N5OS2. The topological polar surface area (TPSA) is 83.6 Å². The summed E-state index contributed by atoms with van der Waals surface area (Å²) in [5.41, 5.74) is 2.19. The number of nitrogens with zero attached hydrogens (tertiary/aromatic N) is 4. The zero-order valence-electron chi connectivity index (χ0n) is 18.1. The van der Waals surface area contributed by atoms with Gasteiger partial charge in [0.2, 0.25) is 5.91 Å². The van der Waals surface area contributed by atoms with Crippen molar-refractivity contribution in [3.63, 3.8) is 0 Å². The summed E-state index contributed by atoms with van der Waals surface area (Å²) in [5, 5.41) is 23.4. The Morgan fingerprint density at radius 2 is 1.91 bits per heavy atom. The van der Waals surface area contributed by atoms with E-state index in [1.54, 1.807) is 35.6 Å². The second kappa shape index (κ2) is 10.9. The number of nitrogens with one attached hydrogen (secondary N) is 1. The van der Waals surface area contributed by atoms with Crippen molar-refractivity contribution in [3.8, 4) is 6.07 Å². The van der Waals surface area contributed by atoms with Crippen molar-refractivity contribution in [2.45, 2.75) is 36.7 Å². The number of aryl methyl sites for hydroxylation is 1. The van der Waals surface area contributed by atoms with Crippen LogP contribution in [0.15, 0.2) is 77.3 Å². The maximum atomic E-state index is 12.8. The van der Waals surface area contributed by atoms with Crippen LogP contribution >= 0.6 is 23.1 Å². The summed E-state index contributed by atoms with van der Waals surface area (Å²) in [6.07, 6.45) is 1.55. The molecule has 0 fully saturated rings. The first-order valence-electron chi connectivity index (χ1n) is 10.6. The minimum absolute atomic E-state index is 0.180. The van der Waals surface area contributed by atoms with E-state index in [4.69, 9.17) is 0 Å². The molecule has 0 aliphatic carbocycles. The normalized spacial score (nSPS) is 11.6. The molecule has 166 valence electrons. The van der Waals surface area contributed by atoms with Gasteiger partial charge in [-0.3, -0.25) is 4.79 Å². The molecule has 33 heavy (non-hydrogen) atoms. The SMILES string of the molecule is CC(Sc1nnc(Cc2cccs2)n1CCc1ccccc1)C(=O)Nc1ccccc1C#N. The molecule has 2 aromatic carbocycles. The van der Waals surface area contributed by atoms with Gasteiger partial charge in [0, 0.05) is 17.8 Å². The monoisotopic (exact) mass is 473 g/mol. The van der Waals surface area contributed by atoms with E-state index in [1.807, 2.05) is 31.2 Å². The van der Waals surface area contributed by atoms with Crippen molar-refractivity contribution >= 4 is 34.7 Å². The molecule has 2 aromatic heterocycles. The first-order chi connectivity index (χ1) is 16.1. The summed E-state index contributed by atoms with van der Waals surface area (Å²) in [5.74, 6) is 0.707. The summed E-state index contributed by atoms with van der Waals surface area (Å²) in [6, 6.07) is 23.5. The number of carbonyl (C=O) groups is 1. The van der Waals surface area contributed by atoms with Crippen molar-refractivity contribution in [1.82, 2.24) is 14.8 Å². The molecule has 0 aliphatic heterocycles. The van der Waals surface area contributed by atoms with Crippen molar-refractivity contribution < 1.29 is 4.79 Å². The third kappa shape index (κ3) is 5.89. The number of nitriles is 1. The highest BCUT2D eigenvalue weighted by molar-refractivity contribution is 8.00. The summed E-state index contributed by atoms with van der Waals surface area (Å²) in [4.78, 5) is 14.1. The van der Waals surface area contributed by atoms with Gasteiger partial charge in [0.15, 0.2) is 5.16 Å². The van der Waals surface area contributed by atoms with E-state index in [1.165, 1.54) is 22.2 Å².